The molecule has 0 spiro atoms. The monoisotopic (exact) mass is 342 g/mol. The number of rotatable bonds is 6. The summed E-state index contributed by atoms with van der Waals surface area (Å²) in [6.07, 6.45) is 1.70. The lowest BCUT2D eigenvalue weighted by molar-refractivity contribution is -0.117. The van der Waals surface area contributed by atoms with E-state index in [0.717, 1.165) is 10.4 Å². The van der Waals surface area contributed by atoms with Gasteiger partial charge in [0, 0.05) is 17.0 Å². The zero-order chi connectivity index (χ0) is 17.5. The predicted octanol–water partition coefficient (Wildman–Crippen LogP) is 3.60. The van der Waals surface area contributed by atoms with Crippen LogP contribution >= 0.6 is 11.3 Å². The maximum atomic E-state index is 12.5. The summed E-state index contributed by atoms with van der Waals surface area (Å²) in [7, 11) is 0. The maximum Gasteiger partial charge on any atom is 0.267 e. The molecular weight excluding hydrogens is 320 g/mol. The molecule has 2 N–H and O–H groups in total. The average Bonchev–Trinajstić information content (AvgIpc) is 3.05. The zero-order valence-electron chi connectivity index (χ0n) is 14.1. The summed E-state index contributed by atoms with van der Waals surface area (Å²) < 4.78 is 0. The van der Waals surface area contributed by atoms with Crippen molar-refractivity contribution in [1.29, 1.82) is 0 Å². The molecule has 1 aromatic carbocycles. The highest BCUT2D eigenvalue weighted by Crippen LogP contribution is 2.14. The number of benzene rings is 1. The average molecular weight is 342 g/mol. The molecule has 24 heavy (non-hydrogen) atoms. The van der Waals surface area contributed by atoms with Crippen LogP contribution in [0.15, 0.2) is 47.5 Å². The highest BCUT2D eigenvalue weighted by Gasteiger charge is 2.16. The van der Waals surface area contributed by atoms with E-state index in [2.05, 4.69) is 10.6 Å². The molecule has 2 rings (SSSR count). The zero-order valence-corrected chi connectivity index (χ0v) is 14.9. The highest BCUT2D eigenvalue weighted by atomic mass is 32.1. The molecule has 0 bridgehead atoms. The van der Waals surface area contributed by atoms with Crippen molar-refractivity contribution in [1.82, 2.24) is 10.6 Å². The number of carbonyl (C=O) groups excluding carboxylic acids is 2. The summed E-state index contributed by atoms with van der Waals surface area (Å²) in [5.74, 6) is -0.223. The SMILES string of the molecule is Cc1ccccc1C(=O)N/C(=C\c1cccs1)C(=O)NCC(C)C. The minimum Gasteiger partial charge on any atom is -0.351 e. The van der Waals surface area contributed by atoms with Crippen LogP contribution in [0.3, 0.4) is 0 Å². The lowest BCUT2D eigenvalue weighted by Gasteiger charge is -2.13. The van der Waals surface area contributed by atoms with Gasteiger partial charge in [0.25, 0.3) is 11.8 Å². The van der Waals surface area contributed by atoms with Crippen molar-refractivity contribution in [3.05, 3.63) is 63.5 Å². The third-order valence-electron chi connectivity index (χ3n) is 3.38. The smallest absolute Gasteiger partial charge is 0.267 e. The van der Waals surface area contributed by atoms with Gasteiger partial charge in [-0.25, -0.2) is 0 Å². The van der Waals surface area contributed by atoms with Crippen LogP contribution in [0, 0.1) is 12.8 Å². The predicted molar refractivity (Wildman–Crippen MR) is 98.8 cm³/mol. The Labute approximate surface area is 146 Å². The lowest BCUT2D eigenvalue weighted by atomic mass is 10.1. The summed E-state index contributed by atoms with van der Waals surface area (Å²) in [4.78, 5) is 25.9. The molecule has 5 heteroatoms. The Kier molecular flexibility index (Phi) is 6.32. The van der Waals surface area contributed by atoms with Crippen LogP contribution in [0.2, 0.25) is 0 Å². The fourth-order valence-corrected chi connectivity index (χ4v) is 2.74. The van der Waals surface area contributed by atoms with Crippen LogP contribution in [-0.2, 0) is 4.79 Å². The van der Waals surface area contributed by atoms with Gasteiger partial charge in [0.15, 0.2) is 0 Å². The van der Waals surface area contributed by atoms with Crippen molar-refractivity contribution in [3.63, 3.8) is 0 Å². The Morgan fingerprint density at radius 1 is 1.17 bits per heavy atom. The van der Waals surface area contributed by atoms with Gasteiger partial charge in [0.2, 0.25) is 0 Å². The van der Waals surface area contributed by atoms with Gasteiger partial charge < -0.3 is 10.6 Å². The van der Waals surface area contributed by atoms with E-state index in [1.807, 2.05) is 56.5 Å². The van der Waals surface area contributed by atoms with Crippen molar-refractivity contribution in [2.45, 2.75) is 20.8 Å². The first-order chi connectivity index (χ1) is 11.5. The summed E-state index contributed by atoms with van der Waals surface area (Å²) in [5.41, 5.74) is 1.69. The molecule has 126 valence electrons. The van der Waals surface area contributed by atoms with Gasteiger partial charge in [0.1, 0.15) is 5.70 Å². The topological polar surface area (TPSA) is 58.2 Å². The molecule has 0 saturated heterocycles. The van der Waals surface area contributed by atoms with E-state index in [9.17, 15) is 9.59 Å². The summed E-state index contributed by atoms with van der Waals surface area (Å²) in [6.45, 7) is 6.47. The number of hydrogen-bond donors (Lipinski definition) is 2. The standard InChI is InChI=1S/C19H22N2O2S/c1-13(2)12-20-19(23)17(11-15-8-6-10-24-15)21-18(22)16-9-5-4-7-14(16)3/h4-11,13H,12H2,1-3H3,(H,20,23)(H,21,22)/b17-11-. The second-order valence-electron chi connectivity index (χ2n) is 5.95. The van der Waals surface area contributed by atoms with E-state index < -0.39 is 0 Å². The molecule has 0 saturated carbocycles. The van der Waals surface area contributed by atoms with Crippen LogP contribution in [0.5, 0.6) is 0 Å². The molecule has 4 nitrogen and oxygen atoms in total. The van der Waals surface area contributed by atoms with E-state index in [0.29, 0.717) is 18.0 Å². The first-order valence-electron chi connectivity index (χ1n) is 7.87. The molecule has 0 fully saturated rings. The molecule has 0 aliphatic carbocycles. The Balaban J connectivity index is 2.21. The number of hydrogen-bond acceptors (Lipinski definition) is 3. The maximum absolute atomic E-state index is 12.5. The van der Waals surface area contributed by atoms with Gasteiger partial charge in [-0.05, 0) is 42.0 Å². The molecule has 0 atom stereocenters. The number of aryl methyl sites for hydroxylation is 1. The fourth-order valence-electron chi connectivity index (χ4n) is 2.08. The highest BCUT2D eigenvalue weighted by molar-refractivity contribution is 7.10. The van der Waals surface area contributed by atoms with Gasteiger partial charge >= 0.3 is 0 Å². The van der Waals surface area contributed by atoms with E-state index >= 15 is 0 Å². The minimum absolute atomic E-state index is 0.256. The third kappa shape index (κ3) is 5.06. The number of nitrogens with one attached hydrogen (secondary N) is 2. The summed E-state index contributed by atoms with van der Waals surface area (Å²) in [5, 5.41) is 7.53. The van der Waals surface area contributed by atoms with Crippen molar-refractivity contribution in [2.24, 2.45) is 5.92 Å². The van der Waals surface area contributed by atoms with E-state index in [1.54, 1.807) is 12.1 Å². The van der Waals surface area contributed by atoms with Crippen LogP contribution in [0.1, 0.15) is 34.6 Å². The normalized spacial score (nSPS) is 11.4. The Morgan fingerprint density at radius 2 is 1.92 bits per heavy atom. The van der Waals surface area contributed by atoms with E-state index in [-0.39, 0.29) is 17.5 Å². The second kappa shape index (κ2) is 8.45. The quantitative estimate of drug-likeness (QED) is 0.788. The molecule has 0 aliphatic rings. The first-order valence-corrected chi connectivity index (χ1v) is 8.75. The molecule has 2 amide bonds. The molecule has 0 aliphatic heterocycles. The van der Waals surface area contributed by atoms with Crippen LogP contribution < -0.4 is 10.6 Å². The largest absolute Gasteiger partial charge is 0.351 e. The van der Waals surface area contributed by atoms with E-state index in [4.69, 9.17) is 0 Å². The van der Waals surface area contributed by atoms with Gasteiger partial charge in [0.05, 0.1) is 0 Å². The van der Waals surface area contributed by atoms with Crippen molar-refractivity contribution < 1.29 is 9.59 Å². The summed E-state index contributed by atoms with van der Waals surface area (Å²) in [6, 6.07) is 11.1. The van der Waals surface area contributed by atoms with Gasteiger partial charge in [-0.1, -0.05) is 38.1 Å². The third-order valence-corrected chi connectivity index (χ3v) is 4.20. The number of carbonyl (C=O) groups is 2. The fraction of sp³-hybridized carbons (Fsp3) is 0.263. The van der Waals surface area contributed by atoms with Crippen molar-refractivity contribution in [2.75, 3.05) is 6.54 Å². The molecule has 1 heterocycles. The minimum atomic E-state index is -0.282. The lowest BCUT2D eigenvalue weighted by Crippen LogP contribution is -2.36. The Hall–Kier alpha value is -2.40. The van der Waals surface area contributed by atoms with Crippen molar-refractivity contribution >= 4 is 29.2 Å². The molecule has 0 radical (unpaired) electrons. The number of amides is 2. The van der Waals surface area contributed by atoms with Gasteiger partial charge in [-0.3, -0.25) is 9.59 Å². The van der Waals surface area contributed by atoms with Crippen molar-refractivity contribution in [3.8, 4) is 0 Å². The van der Waals surface area contributed by atoms with Gasteiger partial charge in [-0.15, -0.1) is 11.3 Å². The molecule has 0 unspecified atom stereocenters. The van der Waals surface area contributed by atoms with Gasteiger partial charge in [-0.2, -0.15) is 0 Å². The summed E-state index contributed by atoms with van der Waals surface area (Å²) >= 11 is 1.51. The molecular formula is C19H22N2O2S. The first kappa shape index (κ1) is 17.9. The van der Waals surface area contributed by atoms with E-state index in [1.165, 1.54) is 11.3 Å². The molecule has 2 aromatic rings. The molecule has 1 aromatic heterocycles. The number of thiophene rings is 1. The second-order valence-corrected chi connectivity index (χ2v) is 6.93. The Morgan fingerprint density at radius 3 is 2.54 bits per heavy atom. The Bertz CT molecular complexity index is 734. The van der Waals surface area contributed by atoms with Crippen LogP contribution in [-0.4, -0.2) is 18.4 Å². The van der Waals surface area contributed by atoms with Crippen LogP contribution in [0.4, 0.5) is 0 Å². The van der Waals surface area contributed by atoms with Crippen LogP contribution in [0.25, 0.3) is 6.08 Å².